The van der Waals surface area contributed by atoms with E-state index in [0.717, 1.165) is 86.3 Å². The van der Waals surface area contributed by atoms with Gasteiger partial charge in [-0.1, -0.05) is 53.7 Å². The van der Waals surface area contributed by atoms with Gasteiger partial charge in [-0.2, -0.15) is 0 Å². The molecule has 1 aliphatic heterocycles. The Morgan fingerprint density at radius 2 is 1.54 bits per heavy atom. The van der Waals surface area contributed by atoms with E-state index in [-0.39, 0.29) is 0 Å². The number of halogens is 1. The van der Waals surface area contributed by atoms with Crippen molar-refractivity contribution < 1.29 is 0 Å². The maximum atomic E-state index is 6.07. The van der Waals surface area contributed by atoms with E-state index < -0.39 is 0 Å². The maximum absolute atomic E-state index is 6.07. The molecule has 0 aliphatic carbocycles. The molecule has 1 aromatic heterocycles. The second-order valence-electron chi connectivity index (χ2n) is 10.3. The molecule has 1 aliphatic rings. The van der Waals surface area contributed by atoms with Crippen molar-refractivity contribution in [3.8, 4) is 0 Å². The molecule has 0 unspecified atom stereocenters. The number of rotatable bonds is 11. The van der Waals surface area contributed by atoms with Crippen molar-refractivity contribution >= 4 is 40.1 Å². The predicted octanol–water partition coefficient (Wildman–Crippen LogP) is 6.12. The van der Waals surface area contributed by atoms with Gasteiger partial charge in [0.05, 0.1) is 12.1 Å². The Labute approximate surface area is 241 Å². The third kappa shape index (κ3) is 7.93. The van der Waals surface area contributed by atoms with Crippen LogP contribution in [0, 0.1) is 0 Å². The molecule has 0 atom stereocenters. The van der Waals surface area contributed by atoms with E-state index in [9.17, 15) is 0 Å². The molecule has 1 N–H and O–H groups in total. The summed E-state index contributed by atoms with van der Waals surface area (Å²) in [6.45, 7) is 7.76. The number of nitrogens with one attached hydrogen (secondary N) is 1. The molecule has 0 radical (unpaired) electrons. The maximum Gasteiger partial charge on any atom is 0.145 e. The number of nitrogens with zero attached hydrogens (tertiary/aromatic N) is 5. The summed E-state index contributed by atoms with van der Waals surface area (Å²) in [7, 11) is 4.22. The Bertz CT molecular complexity index is 1360. The molecule has 1 saturated heterocycles. The average molecular weight is 561 g/mol. The molecule has 0 spiro atoms. The van der Waals surface area contributed by atoms with Crippen molar-refractivity contribution in [2.75, 3.05) is 58.7 Å². The molecule has 0 saturated carbocycles. The van der Waals surface area contributed by atoms with Gasteiger partial charge < -0.3 is 10.2 Å². The van der Waals surface area contributed by atoms with E-state index >= 15 is 0 Å². The first-order chi connectivity index (χ1) is 19.0. The van der Waals surface area contributed by atoms with Gasteiger partial charge in [0.15, 0.2) is 0 Å². The lowest BCUT2D eigenvalue weighted by atomic mass is 10.2. The number of piperazine rings is 1. The molecule has 2 heterocycles. The van der Waals surface area contributed by atoms with Gasteiger partial charge in [-0.05, 0) is 75.1 Å². The number of benzene rings is 3. The zero-order valence-electron chi connectivity index (χ0n) is 22.8. The summed E-state index contributed by atoms with van der Waals surface area (Å²) in [5.41, 5.74) is 2.37. The molecule has 0 bridgehead atoms. The minimum atomic E-state index is 0.770. The van der Waals surface area contributed by atoms with Gasteiger partial charge in [-0.25, -0.2) is 9.97 Å². The smallest absolute Gasteiger partial charge is 0.145 e. The molecule has 8 heteroatoms. The number of para-hydroxylation sites is 1. The number of anilines is 1. The Morgan fingerprint density at radius 1 is 0.846 bits per heavy atom. The van der Waals surface area contributed by atoms with Gasteiger partial charge in [0, 0.05) is 59.5 Å². The highest BCUT2D eigenvalue weighted by Crippen LogP contribution is 2.32. The van der Waals surface area contributed by atoms with E-state index in [1.54, 1.807) is 11.8 Å². The van der Waals surface area contributed by atoms with Crippen LogP contribution in [-0.2, 0) is 13.1 Å². The summed E-state index contributed by atoms with van der Waals surface area (Å²) >= 11 is 7.88. The monoisotopic (exact) mass is 560 g/mol. The predicted molar refractivity (Wildman–Crippen MR) is 164 cm³/mol. The Kier molecular flexibility index (Phi) is 9.71. The number of fused-ring (bicyclic) bond motifs is 1. The SMILES string of the molecule is CN(C)CCCNc1nc(CN2CCN(Cc3ccccc3Sc3ccc(Cl)cc3)CC2)nc2ccccc12. The third-order valence-corrected chi connectivity index (χ3v) is 8.34. The Hall–Kier alpha value is -2.68. The van der Waals surface area contributed by atoms with E-state index in [0.29, 0.717) is 0 Å². The largest absolute Gasteiger partial charge is 0.369 e. The zero-order chi connectivity index (χ0) is 27.0. The van der Waals surface area contributed by atoms with E-state index in [1.165, 1.54) is 15.4 Å². The van der Waals surface area contributed by atoms with Crippen molar-refractivity contribution in [1.29, 1.82) is 0 Å². The summed E-state index contributed by atoms with van der Waals surface area (Å²) < 4.78 is 0. The van der Waals surface area contributed by atoms with Crippen molar-refractivity contribution in [2.45, 2.75) is 29.3 Å². The van der Waals surface area contributed by atoms with Crippen molar-refractivity contribution in [1.82, 2.24) is 24.7 Å². The van der Waals surface area contributed by atoms with Crippen LogP contribution in [0.5, 0.6) is 0 Å². The minimum absolute atomic E-state index is 0.770. The number of hydrogen-bond donors (Lipinski definition) is 1. The summed E-state index contributed by atoms with van der Waals surface area (Å²) in [5, 5.41) is 5.43. The summed E-state index contributed by atoms with van der Waals surface area (Å²) in [6.07, 6.45) is 1.07. The van der Waals surface area contributed by atoms with Gasteiger partial charge in [-0.15, -0.1) is 0 Å². The number of hydrogen-bond acceptors (Lipinski definition) is 7. The quantitative estimate of drug-likeness (QED) is 0.222. The first-order valence-corrected chi connectivity index (χ1v) is 14.8. The summed E-state index contributed by atoms with van der Waals surface area (Å²) in [5.74, 6) is 1.84. The molecule has 39 heavy (non-hydrogen) atoms. The molecule has 1 fully saturated rings. The molecule has 3 aromatic carbocycles. The molecule has 5 rings (SSSR count). The van der Waals surface area contributed by atoms with Gasteiger partial charge in [-0.3, -0.25) is 9.80 Å². The van der Waals surface area contributed by atoms with Gasteiger partial charge in [0.1, 0.15) is 11.6 Å². The number of aromatic nitrogens is 2. The highest BCUT2D eigenvalue weighted by Gasteiger charge is 2.20. The standard InChI is InChI=1S/C31H37ClN6S/c1-36(2)17-7-16-33-31-27-9-4-5-10-28(27)34-30(35-31)23-38-20-18-37(19-21-38)22-24-8-3-6-11-29(24)39-26-14-12-25(32)13-15-26/h3-6,8-15H,7,16-23H2,1-2H3,(H,33,34,35). The van der Waals surface area contributed by atoms with Crippen LogP contribution in [0.4, 0.5) is 5.82 Å². The average Bonchev–Trinajstić information content (AvgIpc) is 2.94. The van der Waals surface area contributed by atoms with Crippen LogP contribution in [0.2, 0.25) is 5.02 Å². The second-order valence-corrected chi connectivity index (χ2v) is 11.9. The molecule has 4 aromatic rings. The Balaban J connectivity index is 1.18. The Morgan fingerprint density at radius 3 is 2.31 bits per heavy atom. The lowest BCUT2D eigenvalue weighted by Gasteiger charge is -2.34. The van der Waals surface area contributed by atoms with Crippen LogP contribution in [0.1, 0.15) is 17.8 Å². The van der Waals surface area contributed by atoms with Crippen LogP contribution in [0.3, 0.4) is 0 Å². The summed E-state index contributed by atoms with van der Waals surface area (Å²) in [6, 6.07) is 25.1. The molecule has 0 amide bonds. The summed E-state index contributed by atoms with van der Waals surface area (Å²) in [4.78, 5) is 19.6. The van der Waals surface area contributed by atoms with Crippen molar-refractivity contribution in [2.24, 2.45) is 0 Å². The highest BCUT2D eigenvalue weighted by atomic mass is 35.5. The van der Waals surface area contributed by atoms with Crippen LogP contribution < -0.4 is 5.32 Å². The normalized spacial score (nSPS) is 14.8. The van der Waals surface area contributed by atoms with E-state index in [4.69, 9.17) is 21.6 Å². The van der Waals surface area contributed by atoms with Crippen molar-refractivity contribution in [3.05, 3.63) is 89.2 Å². The van der Waals surface area contributed by atoms with Gasteiger partial charge in [0.25, 0.3) is 0 Å². The third-order valence-electron chi connectivity index (χ3n) is 6.96. The second kappa shape index (κ2) is 13.6. The molecular formula is C31H37ClN6S. The molecule has 204 valence electrons. The van der Waals surface area contributed by atoms with Crippen LogP contribution in [0.15, 0.2) is 82.6 Å². The fourth-order valence-corrected chi connectivity index (χ4v) is 5.90. The lowest BCUT2D eigenvalue weighted by molar-refractivity contribution is 0.119. The van der Waals surface area contributed by atoms with Crippen LogP contribution in [0.25, 0.3) is 10.9 Å². The zero-order valence-corrected chi connectivity index (χ0v) is 24.4. The minimum Gasteiger partial charge on any atom is -0.369 e. The highest BCUT2D eigenvalue weighted by molar-refractivity contribution is 7.99. The van der Waals surface area contributed by atoms with E-state index in [2.05, 4.69) is 94.8 Å². The topological polar surface area (TPSA) is 47.5 Å². The van der Waals surface area contributed by atoms with Gasteiger partial charge >= 0.3 is 0 Å². The van der Waals surface area contributed by atoms with Crippen LogP contribution >= 0.6 is 23.4 Å². The van der Waals surface area contributed by atoms with Crippen LogP contribution in [-0.4, -0.2) is 78.0 Å². The molecule has 6 nitrogen and oxygen atoms in total. The first-order valence-electron chi connectivity index (χ1n) is 13.6. The van der Waals surface area contributed by atoms with Crippen molar-refractivity contribution in [3.63, 3.8) is 0 Å². The first kappa shape index (κ1) is 27.9. The lowest BCUT2D eigenvalue weighted by Crippen LogP contribution is -2.45. The fraction of sp³-hybridized carbons (Fsp3) is 0.355. The van der Waals surface area contributed by atoms with Gasteiger partial charge in [0.2, 0.25) is 0 Å². The molecular weight excluding hydrogens is 524 g/mol. The fourth-order valence-electron chi connectivity index (χ4n) is 4.84. The van der Waals surface area contributed by atoms with E-state index in [1.807, 2.05) is 12.1 Å².